The Morgan fingerprint density at radius 3 is 2.37 bits per heavy atom. The van der Waals surface area contributed by atoms with E-state index < -0.39 is 0 Å². The van der Waals surface area contributed by atoms with Gasteiger partial charge in [-0.05, 0) is 43.5 Å². The predicted octanol–water partition coefficient (Wildman–Crippen LogP) is 2.64. The summed E-state index contributed by atoms with van der Waals surface area (Å²) in [5.41, 5.74) is 4.23. The van der Waals surface area contributed by atoms with Gasteiger partial charge in [-0.25, -0.2) is 9.97 Å². The zero-order chi connectivity index (χ0) is 14.0. The van der Waals surface area contributed by atoms with Crippen molar-refractivity contribution in [2.45, 2.75) is 20.8 Å². The lowest BCUT2D eigenvalue weighted by Gasteiger charge is -2.09. The first-order chi connectivity index (χ1) is 9.02. The van der Waals surface area contributed by atoms with E-state index in [4.69, 9.17) is 4.74 Å². The van der Waals surface area contributed by atoms with Crippen LogP contribution in [0.2, 0.25) is 0 Å². The number of nitrogens with zero attached hydrogens (tertiary/aromatic N) is 2. The van der Waals surface area contributed by atoms with Gasteiger partial charge in [0.05, 0.1) is 7.11 Å². The highest BCUT2D eigenvalue weighted by molar-refractivity contribution is 6.08. The highest BCUT2D eigenvalue weighted by atomic mass is 16.5. The number of hydrogen-bond acceptors (Lipinski definition) is 4. The van der Waals surface area contributed by atoms with Crippen molar-refractivity contribution in [3.05, 3.63) is 52.5 Å². The Balaban J connectivity index is 2.46. The third-order valence-corrected chi connectivity index (χ3v) is 3.17. The number of hydrogen-bond donors (Lipinski definition) is 0. The van der Waals surface area contributed by atoms with Gasteiger partial charge in [0.25, 0.3) is 0 Å². The van der Waals surface area contributed by atoms with Crippen molar-refractivity contribution in [2.24, 2.45) is 0 Å². The minimum absolute atomic E-state index is 0.110. The van der Waals surface area contributed by atoms with Crippen LogP contribution in [0.3, 0.4) is 0 Å². The molecule has 1 aromatic carbocycles. The normalized spacial score (nSPS) is 10.3. The molecule has 0 aliphatic rings. The van der Waals surface area contributed by atoms with E-state index in [0.29, 0.717) is 17.1 Å². The fourth-order valence-corrected chi connectivity index (χ4v) is 1.92. The second-order valence-electron chi connectivity index (χ2n) is 4.53. The van der Waals surface area contributed by atoms with Crippen LogP contribution in [-0.2, 0) is 0 Å². The Morgan fingerprint density at radius 1 is 1.00 bits per heavy atom. The molecule has 0 radical (unpaired) electrons. The highest BCUT2D eigenvalue weighted by Crippen LogP contribution is 2.19. The van der Waals surface area contributed by atoms with Crippen LogP contribution in [0.4, 0.5) is 0 Å². The summed E-state index contributed by atoms with van der Waals surface area (Å²) in [5.74, 6) is 0.279. The van der Waals surface area contributed by atoms with E-state index in [2.05, 4.69) is 9.97 Å². The van der Waals surface area contributed by atoms with E-state index in [0.717, 1.165) is 11.1 Å². The first-order valence-corrected chi connectivity index (χ1v) is 6.01. The van der Waals surface area contributed by atoms with Crippen molar-refractivity contribution in [1.82, 2.24) is 9.97 Å². The Labute approximate surface area is 112 Å². The second kappa shape index (κ2) is 5.18. The Bertz CT molecular complexity index is 636. The number of carbonyl (C=O) groups excluding carboxylic acids is 1. The van der Waals surface area contributed by atoms with E-state index in [1.54, 1.807) is 6.07 Å². The number of carbonyl (C=O) groups is 1. The summed E-state index contributed by atoms with van der Waals surface area (Å²) in [7, 11) is 1.51. The molecule has 2 rings (SSSR count). The van der Waals surface area contributed by atoms with Gasteiger partial charge in [-0.2, -0.15) is 0 Å². The fraction of sp³-hybridized carbons (Fsp3) is 0.267. The number of ketones is 1. The number of aromatic nitrogens is 2. The Kier molecular flexibility index (Phi) is 3.60. The number of aryl methyl sites for hydroxylation is 3. The third kappa shape index (κ3) is 2.62. The molecule has 98 valence electrons. The van der Waals surface area contributed by atoms with Crippen molar-refractivity contribution in [3.8, 4) is 5.88 Å². The third-order valence-electron chi connectivity index (χ3n) is 3.17. The molecule has 0 aliphatic heterocycles. The number of methoxy groups -OCH3 is 1. The van der Waals surface area contributed by atoms with Gasteiger partial charge >= 0.3 is 0 Å². The zero-order valence-electron chi connectivity index (χ0n) is 11.5. The lowest BCUT2D eigenvalue weighted by molar-refractivity contribution is 0.103. The van der Waals surface area contributed by atoms with E-state index in [1.165, 1.54) is 19.0 Å². The topological polar surface area (TPSA) is 52.1 Å². The van der Waals surface area contributed by atoms with Gasteiger partial charge in [0.1, 0.15) is 12.0 Å². The fourth-order valence-electron chi connectivity index (χ4n) is 1.92. The average Bonchev–Trinajstić information content (AvgIpc) is 2.42. The van der Waals surface area contributed by atoms with Gasteiger partial charge in [-0.1, -0.05) is 6.07 Å². The predicted molar refractivity (Wildman–Crippen MR) is 72.7 cm³/mol. The van der Waals surface area contributed by atoms with Crippen LogP contribution in [-0.4, -0.2) is 22.9 Å². The molecular formula is C15H16N2O2. The van der Waals surface area contributed by atoms with Crippen LogP contribution in [0.1, 0.15) is 32.7 Å². The number of rotatable bonds is 3. The molecule has 4 heteroatoms. The first-order valence-electron chi connectivity index (χ1n) is 6.01. The van der Waals surface area contributed by atoms with Crippen LogP contribution in [0.25, 0.3) is 0 Å². The van der Waals surface area contributed by atoms with Gasteiger partial charge in [0.2, 0.25) is 11.7 Å². The van der Waals surface area contributed by atoms with Crippen molar-refractivity contribution < 1.29 is 9.53 Å². The number of ether oxygens (including phenoxy) is 1. The molecule has 0 aliphatic carbocycles. The smallest absolute Gasteiger partial charge is 0.216 e. The van der Waals surface area contributed by atoms with Gasteiger partial charge in [-0.3, -0.25) is 4.79 Å². The molecule has 0 spiro atoms. The molecule has 0 unspecified atom stereocenters. The molecule has 0 amide bonds. The summed E-state index contributed by atoms with van der Waals surface area (Å²) < 4.78 is 5.01. The lowest BCUT2D eigenvalue weighted by Crippen LogP contribution is -2.08. The standard InChI is InChI=1S/C15H16N2O2/c1-9-5-11(3)12(6-10(9)2)15(18)13-7-14(19-4)17-8-16-13/h5-8H,1-4H3. The summed E-state index contributed by atoms with van der Waals surface area (Å²) in [6.07, 6.45) is 1.34. The second-order valence-corrected chi connectivity index (χ2v) is 4.53. The maximum Gasteiger partial charge on any atom is 0.216 e. The largest absolute Gasteiger partial charge is 0.481 e. The molecule has 0 fully saturated rings. The minimum atomic E-state index is -0.110. The molecule has 0 bridgehead atoms. The summed E-state index contributed by atoms with van der Waals surface area (Å²) in [4.78, 5) is 20.4. The maximum absolute atomic E-state index is 12.5. The van der Waals surface area contributed by atoms with Crippen LogP contribution in [0, 0.1) is 20.8 Å². The quantitative estimate of drug-likeness (QED) is 0.792. The van der Waals surface area contributed by atoms with Crippen molar-refractivity contribution in [3.63, 3.8) is 0 Å². The molecule has 1 aromatic heterocycles. The van der Waals surface area contributed by atoms with Crippen LogP contribution < -0.4 is 4.74 Å². The highest BCUT2D eigenvalue weighted by Gasteiger charge is 2.15. The average molecular weight is 256 g/mol. The first kappa shape index (κ1) is 13.2. The molecule has 0 atom stereocenters. The lowest BCUT2D eigenvalue weighted by atomic mass is 9.97. The van der Waals surface area contributed by atoms with E-state index >= 15 is 0 Å². The van der Waals surface area contributed by atoms with Crippen LogP contribution in [0.5, 0.6) is 5.88 Å². The molecule has 0 N–H and O–H groups in total. The summed E-state index contributed by atoms with van der Waals surface area (Å²) in [6.45, 7) is 5.95. The molecule has 19 heavy (non-hydrogen) atoms. The molecule has 1 heterocycles. The number of benzene rings is 1. The minimum Gasteiger partial charge on any atom is -0.481 e. The molecule has 4 nitrogen and oxygen atoms in total. The van der Waals surface area contributed by atoms with Crippen molar-refractivity contribution >= 4 is 5.78 Å². The molecule has 0 saturated carbocycles. The Hall–Kier alpha value is -2.23. The van der Waals surface area contributed by atoms with Crippen molar-refractivity contribution in [1.29, 1.82) is 0 Å². The molecule has 0 saturated heterocycles. The van der Waals surface area contributed by atoms with Gasteiger partial charge in [0, 0.05) is 11.6 Å². The monoisotopic (exact) mass is 256 g/mol. The van der Waals surface area contributed by atoms with E-state index in [1.807, 2.05) is 32.9 Å². The SMILES string of the molecule is COc1cc(C(=O)c2cc(C)c(C)cc2C)ncn1. The maximum atomic E-state index is 12.5. The molecular weight excluding hydrogens is 240 g/mol. The zero-order valence-corrected chi connectivity index (χ0v) is 11.5. The Morgan fingerprint density at radius 2 is 1.68 bits per heavy atom. The van der Waals surface area contributed by atoms with Crippen LogP contribution >= 0.6 is 0 Å². The van der Waals surface area contributed by atoms with Gasteiger partial charge < -0.3 is 4.74 Å². The molecule has 2 aromatic rings. The summed E-state index contributed by atoms with van der Waals surface area (Å²) >= 11 is 0. The van der Waals surface area contributed by atoms with Gasteiger partial charge in [0.15, 0.2) is 0 Å². The van der Waals surface area contributed by atoms with Gasteiger partial charge in [-0.15, -0.1) is 0 Å². The van der Waals surface area contributed by atoms with E-state index in [-0.39, 0.29) is 5.78 Å². The van der Waals surface area contributed by atoms with Crippen LogP contribution in [0.15, 0.2) is 24.5 Å². The summed E-state index contributed by atoms with van der Waals surface area (Å²) in [5, 5.41) is 0. The van der Waals surface area contributed by atoms with E-state index in [9.17, 15) is 4.79 Å². The summed E-state index contributed by atoms with van der Waals surface area (Å²) in [6, 6.07) is 5.47. The van der Waals surface area contributed by atoms with Crippen molar-refractivity contribution in [2.75, 3.05) is 7.11 Å².